The number of rotatable bonds is 3. The molecule has 100 valence electrons. The first-order valence-corrected chi connectivity index (χ1v) is 7.66. The molecular formula is C15H19N3S. The summed E-state index contributed by atoms with van der Waals surface area (Å²) in [6.45, 7) is 3.99. The molecule has 0 spiro atoms. The second-order valence-corrected chi connectivity index (χ2v) is 5.94. The Balaban J connectivity index is 1.95. The van der Waals surface area contributed by atoms with E-state index < -0.39 is 0 Å². The van der Waals surface area contributed by atoms with Crippen molar-refractivity contribution in [1.29, 1.82) is 0 Å². The van der Waals surface area contributed by atoms with Crippen LogP contribution in [-0.4, -0.2) is 18.1 Å². The van der Waals surface area contributed by atoms with Gasteiger partial charge in [0.25, 0.3) is 0 Å². The molecule has 0 saturated heterocycles. The molecule has 1 atom stereocenters. The van der Waals surface area contributed by atoms with Gasteiger partial charge in [-0.3, -0.25) is 0 Å². The van der Waals surface area contributed by atoms with E-state index in [2.05, 4.69) is 34.3 Å². The average Bonchev–Trinajstić information content (AvgIpc) is 2.90. The molecule has 0 aromatic carbocycles. The molecule has 0 fully saturated rings. The number of pyridine rings is 1. The summed E-state index contributed by atoms with van der Waals surface area (Å²) in [4.78, 5) is 8.55. The van der Waals surface area contributed by atoms with Crippen LogP contribution in [0.4, 0.5) is 5.82 Å². The zero-order valence-corrected chi connectivity index (χ0v) is 12.0. The van der Waals surface area contributed by atoms with Crippen molar-refractivity contribution >= 4 is 17.2 Å². The lowest BCUT2D eigenvalue weighted by atomic mass is 10.0. The number of aromatic nitrogens is 1. The molecule has 0 saturated carbocycles. The predicted octanol–water partition coefficient (Wildman–Crippen LogP) is 2.77. The first-order valence-electron chi connectivity index (χ1n) is 6.78. The number of thiophene rings is 1. The van der Waals surface area contributed by atoms with Crippen LogP contribution >= 0.6 is 11.3 Å². The molecular weight excluding hydrogens is 254 g/mol. The highest BCUT2D eigenvalue weighted by Gasteiger charge is 2.26. The van der Waals surface area contributed by atoms with Gasteiger partial charge in [-0.25, -0.2) is 4.98 Å². The molecule has 2 aromatic rings. The minimum Gasteiger partial charge on any atom is -0.349 e. The Kier molecular flexibility index (Phi) is 3.53. The summed E-state index contributed by atoms with van der Waals surface area (Å²) in [5, 5.41) is 2.20. The predicted molar refractivity (Wildman–Crippen MR) is 80.8 cm³/mol. The zero-order valence-electron chi connectivity index (χ0n) is 11.2. The lowest BCUT2D eigenvalue weighted by Gasteiger charge is -2.35. The lowest BCUT2D eigenvalue weighted by molar-refractivity contribution is 0.621. The molecule has 1 unspecified atom stereocenters. The van der Waals surface area contributed by atoms with E-state index in [9.17, 15) is 0 Å². The van der Waals surface area contributed by atoms with Crippen molar-refractivity contribution in [1.82, 2.24) is 4.98 Å². The van der Waals surface area contributed by atoms with Crippen LogP contribution in [0.25, 0.3) is 0 Å². The van der Waals surface area contributed by atoms with E-state index in [0.29, 0.717) is 12.6 Å². The zero-order chi connectivity index (χ0) is 13.2. The van der Waals surface area contributed by atoms with Crippen molar-refractivity contribution < 1.29 is 0 Å². The molecule has 3 nitrogen and oxygen atoms in total. The van der Waals surface area contributed by atoms with Crippen LogP contribution in [0, 0.1) is 0 Å². The molecule has 4 heteroatoms. The number of nitrogens with zero attached hydrogens (tertiary/aromatic N) is 2. The molecule has 1 aliphatic rings. The SMILES string of the molecule is CC1c2ccsc2CCN1c1ncccc1CCN. The quantitative estimate of drug-likeness (QED) is 0.935. The van der Waals surface area contributed by atoms with Crippen molar-refractivity contribution in [3.8, 4) is 0 Å². The van der Waals surface area contributed by atoms with Crippen molar-refractivity contribution in [3.63, 3.8) is 0 Å². The molecule has 19 heavy (non-hydrogen) atoms. The standard InChI is InChI=1S/C15H19N3S/c1-11-13-6-10-19-14(13)5-9-18(11)15-12(4-7-16)3-2-8-17-15/h2-3,6,8,10-11H,4-5,7,9,16H2,1H3. The third-order valence-corrected chi connectivity index (χ3v) is 4.83. The molecule has 3 heterocycles. The number of anilines is 1. The Morgan fingerprint density at radius 1 is 1.47 bits per heavy atom. The van der Waals surface area contributed by atoms with Gasteiger partial charge in [-0.15, -0.1) is 11.3 Å². The maximum atomic E-state index is 5.71. The molecule has 0 amide bonds. The first-order chi connectivity index (χ1) is 9.31. The maximum Gasteiger partial charge on any atom is 0.132 e. The summed E-state index contributed by atoms with van der Waals surface area (Å²) in [6.07, 6.45) is 3.89. The van der Waals surface area contributed by atoms with Gasteiger partial charge in [-0.1, -0.05) is 6.07 Å². The summed E-state index contributed by atoms with van der Waals surface area (Å²) >= 11 is 1.87. The van der Waals surface area contributed by atoms with Gasteiger partial charge in [0.1, 0.15) is 5.82 Å². The maximum absolute atomic E-state index is 5.71. The van der Waals surface area contributed by atoms with E-state index in [1.807, 2.05) is 23.6 Å². The van der Waals surface area contributed by atoms with E-state index >= 15 is 0 Å². The van der Waals surface area contributed by atoms with Crippen molar-refractivity contribution in [2.24, 2.45) is 5.73 Å². The van der Waals surface area contributed by atoms with Gasteiger partial charge in [0.15, 0.2) is 0 Å². The van der Waals surface area contributed by atoms with Gasteiger partial charge >= 0.3 is 0 Å². The van der Waals surface area contributed by atoms with Crippen LogP contribution in [-0.2, 0) is 12.8 Å². The third-order valence-electron chi connectivity index (χ3n) is 3.83. The summed E-state index contributed by atoms with van der Waals surface area (Å²) in [6, 6.07) is 6.80. The largest absolute Gasteiger partial charge is 0.349 e. The fraction of sp³-hybridized carbons (Fsp3) is 0.400. The molecule has 2 aromatic heterocycles. The average molecular weight is 273 g/mol. The highest BCUT2D eigenvalue weighted by atomic mass is 32.1. The van der Waals surface area contributed by atoms with E-state index in [4.69, 9.17) is 5.73 Å². The monoisotopic (exact) mass is 273 g/mol. The minimum absolute atomic E-state index is 0.404. The van der Waals surface area contributed by atoms with Gasteiger partial charge in [-0.05, 0) is 54.9 Å². The second kappa shape index (κ2) is 5.31. The number of nitrogens with two attached hydrogens (primary N) is 1. The van der Waals surface area contributed by atoms with E-state index in [-0.39, 0.29) is 0 Å². The normalized spacial score (nSPS) is 18.4. The van der Waals surface area contributed by atoms with Crippen molar-refractivity contribution in [2.75, 3.05) is 18.0 Å². The Bertz CT molecular complexity index is 564. The van der Waals surface area contributed by atoms with E-state index in [1.54, 1.807) is 0 Å². The molecule has 0 radical (unpaired) electrons. The van der Waals surface area contributed by atoms with Crippen LogP contribution in [0.5, 0.6) is 0 Å². The second-order valence-electron chi connectivity index (χ2n) is 4.94. The molecule has 0 aliphatic carbocycles. The smallest absolute Gasteiger partial charge is 0.132 e. The van der Waals surface area contributed by atoms with Crippen LogP contribution in [0.3, 0.4) is 0 Å². The van der Waals surface area contributed by atoms with Gasteiger partial charge < -0.3 is 10.6 Å². The molecule has 1 aliphatic heterocycles. The molecule has 0 bridgehead atoms. The van der Waals surface area contributed by atoms with Crippen molar-refractivity contribution in [2.45, 2.75) is 25.8 Å². The summed E-state index contributed by atoms with van der Waals surface area (Å²) in [5.74, 6) is 1.11. The van der Waals surface area contributed by atoms with Gasteiger partial charge in [0.2, 0.25) is 0 Å². The third kappa shape index (κ3) is 2.26. The highest BCUT2D eigenvalue weighted by molar-refractivity contribution is 7.10. The van der Waals surface area contributed by atoms with E-state index in [0.717, 1.165) is 25.2 Å². The van der Waals surface area contributed by atoms with Gasteiger partial charge in [0.05, 0.1) is 6.04 Å². The summed E-state index contributed by atoms with van der Waals surface area (Å²) < 4.78 is 0. The van der Waals surface area contributed by atoms with Crippen molar-refractivity contribution in [3.05, 3.63) is 45.8 Å². The number of hydrogen-bond donors (Lipinski definition) is 1. The number of fused-ring (bicyclic) bond motifs is 1. The van der Waals surface area contributed by atoms with Gasteiger partial charge in [0, 0.05) is 17.6 Å². The first kappa shape index (κ1) is 12.6. The Hall–Kier alpha value is -1.39. The Labute approximate surface area is 118 Å². The van der Waals surface area contributed by atoms with Crippen LogP contribution in [0.15, 0.2) is 29.8 Å². The summed E-state index contributed by atoms with van der Waals surface area (Å²) in [7, 11) is 0. The highest BCUT2D eigenvalue weighted by Crippen LogP contribution is 2.36. The minimum atomic E-state index is 0.404. The number of hydrogen-bond acceptors (Lipinski definition) is 4. The molecule has 2 N–H and O–H groups in total. The fourth-order valence-electron chi connectivity index (χ4n) is 2.84. The van der Waals surface area contributed by atoms with Crippen LogP contribution in [0.2, 0.25) is 0 Å². The van der Waals surface area contributed by atoms with Crippen LogP contribution in [0.1, 0.15) is 29.0 Å². The van der Waals surface area contributed by atoms with Gasteiger partial charge in [-0.2, -0.15) is 0 Å². The topological polar surface area (TPSA) is 42.2 Å². The Morgan fingerprint density at radius 3 is 3.21 bits per heavy atom. The Morgan fingerprint density at radius 2 is 2.37 bits per heavy atom. The van der Waals surface area contributed by atoms with E-state index in [1.165, 1.54) is 16.0 Å². The summed E-state index contributed by atoms with van der Waals surface area (Å²) in [5.41, 5.74) is 8.43. The fourth-order valence-corrected chi connectivity index (χ4v) is 3.80. The molecule has 3 rings (SSSR count). The lowest BCUT2D eigenvalue weighted by Crippen LogP contribution is -2.34. The van der Waals surface area contributed by atoms with Crippen LogP contribution < -0.4 is 10.6 Å².